The van der Waals surface area contributed by atoms with Gasteiger partial charge in [-0.05, 0) is 36.5 Å². The van der Waals surface area contributed by atoms with E-state index in [0.29, 0.717) is 5.25 Å². The molecule has 0 aromatic carbocycles. The summed E-state index contributed by atoms with van der Waals surface area (Å²) < 4.78 is 0. The van der Waals surface area contributed by atoms with Crippen LogP contribution in [0.5, 0.6) is 0 Å². The molecule has 1 heteroatoms. The minimum absolute atomic E-state index is 0.573. The predicted molar refractivity (Wildman–Crippen MR) is 70.0 cm³/mol. The first-order chi connectivity index (χ1) is 6.40. The van der Waals surface area contributed by atoms with Crippen LogP contribution in [0.25, 0.3) is 0 Å². The molecule has 86 valence electrons. The van der Waals surface area contributed by atoms with E-state index in [0.717, 1.165) is 23.7 Å². The molecule has 0 bridgehead atoms. The fourth-order valence-electron chi connectivity index (χ4n) is 2.65. The molecule has 3 unspecified atom stereocenters. The molecule has 0 aliphatic heterocycles. The summed E-state index contributed by atoms with van der Waals surface area (Å²) in [5.41, 5.74) is 0. The zero-order valence-electron chi connectivity index (χ0n) is 10.7. The Bertz CT molecular complexity index is 140. The van der Waals surface area contributed by atoms with Gasteiger partial charge in [0.1, 0.15) is 0 Å². The first kappa shape index (κ1) is 14.3. The highest BCUT2D eigenvalue weighted by molar-refractivity contribution is 7.81. The van der Waals surface area contributed by atoms with E-state index < -0.39 is 0 Å². The third-order valence-corrected chi connectivity index (χ3v) is 3.84. The predicted octanol–water partition coefficient (Wildman–Crippen LogP) is 4.65. The Morgan fingerprint density at radius 1 is 1.00 bits per heavy atom. The van der Waals surface area contributed by atoms with E-state index in [2.05, 4.69) is 41.5 Å². The van der Waals surface area contributed by atoms with Crippen molar-refractivity contribution in [2.24, 2.45) is 23.7 Å². The number of hydrogen-bond donors (Lipinski definition) is 1. The molecule has 0 fully saturated rings. The fourth-order valence-corrected chi connectivity index (χ4v) is 3.29. The van der Waals surface area contributed by atoms with Crippen molar-refractivity contribution in [3.05, 3.63) is 0 Å². The van der Waals surface area contributed by atoms with Gasteiger partial charge in [0.05, 0.1) is 0 Å². The van der Waals surface area contributed by atoms with Gasteiger partial charge in [-0.1, -0.05) is 41.5 Å². The summed E-state index contributed by atoms with van der Waals surface area (Å²) >= 11 is 4.73. The lowest BCUT2D eigenvalue weighted by atomic mass is 9.77. The molecule has 0 aromatic heterocycles. The number of thiol groups is 1. The van der Waals surface area contributed by atoms with E-state index in [9.17, 15) is 0 Å². The summed E-state index contributed by atoms with van der Waals surface area (Å²) in [6, 6.07) is 0. The van der Waals surface area contributed by atoms with Crippen molar-refractivity contribution in [3.8, 4) is 0 Å². The Kier molecular flexibility index (Phi) is 6.93. The lowest BCUT2D eigenvalue weighted by molar-refractivity contribution is 0.229. The molecule has 0 saturated carbocycles. The first-order valence-electron chi connectivity index (χ1n) is 6.08. The molecule has 0 rings (SSSR count). The summed E-state index contributed by atoms with van der Waals surface area (Å²) in [4.78, 5) is 0. The van der Waals surface area contributed by atoms with Crippen LogP contribution in [-0.2, 0) is 0 Å². The van der Waals surface area contributed by atoms with Gasteiger partial charge in [-0.15, -0.1) is 0 Å². The van der Waals surface area contributed by atoms with Crippen LogP contribution >= 0.6 is 12.6 Å². The maximum Gasteiger partial charge on any atom is 0.00474 e. The van der Waals surface area contributed by atoms with Crippen molar-refractivity contribution in [2.45, 2.75) is 59.6 Å². The van der Waals surface area contributed by atoms with Crippen LogP contribution in [0, 0.1) is 23.7 Å². The SMILES string of the molecule is CCC(S)C(C(C)C)C(C)CC(C)C. The van der Waals surface area contributed by atoms with Gasteiger partial charge in [0.2, 0.25) is 0 Å². The summed E-state index contributed by atoms with van der Waals surface area (Å²) in [7, 11) is 0. The van der Waals surface area contributed by atoms with Gasteiger partial charge in [0.25, 0.3) is 0 Å². The lowest BCUT2D eigenvalue weighted by Crippen LogP contribution is -2.28. The van der Waals surface area contributed by atoms with E-state index in [1.807, 2.05) is 0 Å². The molecule has 0 saturated heterocycles. The van der Waals surface area contributed by atoms with Gasteiger partial charge in [0, 0.05) is 5.25 Å². The van der Waals surface area contributed by atoms with E-state index in [1.54, 1.807) is 0 Å². The first-order valence-corrected chi connectivity index (χ1v) is 6.59. The van der Waals surface area contributed by atoms with Crippen molar-refractivity contribution < 1.29 is 0 Å². The largest absolute Gasteiger partial charge is 0.176 e. The Labute approximate surface area is 96.3 Å². The second-order valence-electron chi connectivity index (χ2n) is 5.40. The highest BCUT2D eigenvalue weighted by Crippen LogP contribution is 2.32. The fraction of sp³-hybridized carbons (Fsp3) is 1.00. The average Bonchev–Trinajstić information content (AvgIpc) is 2.01. The van der Waals surface area contributed by atoms with Crippen LogP contribution in [0.1, 0.15) is 54.4 Å². The van der Waals surface area contributed by atoms with Crippen LogP contribution < -0.4 is 0 Å². The molecule has 0 aromatic rings. The van der Waals surface area contributed by atoms with Gasteiger partial charge in [0.15, 0.2) is 0 Å². The van der Waals surface area contributed by atoms with Crippen LogP contribution in [0.2, 0.25) is 0 Å². The Balaban J connectivity index is 4.33. The van der Waals surface area contributed by atoms with Gasteiger partial charge in [-0.2, -0.15) is 12.6 Å². The summed E-state index contributed by atoms with van der Waals surface area (Å²) in [5, 5.41) is 0.573. The number of rotatable bonds is 6. The van der Waals surface area contributed by atoms with Gasteiger partial charge >= 0.3 is 0 Å². The van der Waals surface area contributed by atoms with Crippen molar-refractivity contribution in [2.75, 3.05) is 0 Å². The highest BCUT2D eigenvalue weighted by atomic mass is 32.1. The molecule has 0 nitrogen and oxygen atoms in total. The minimum atomic E-state index is 0.573. The Hall–Kier alpha value is 0.350. The maximum absolute atomic E-state index is 4.73. The molecule has 14 heavy (non-hydrogen) atoms. The second kappa shape index (κ2) is 6.76. The molecular weight excluding hydrogens is 188 g/mol. The van der Waals surface area contributed by atoms with E-state index in [-0.39, 0.29) is 0 Å². The smallest absolute Gasteiger partial charge is 0.00474 e. The van der Waals surface area contributed by atoms with Crippen molar-refractivity contribution in [1.29, 1.82) is 0 Å². The zero-order chi connectivity index (χ0) is 11.3. The van der Waals surface area contributed by atoms with Gasteiger partial charge < -0.3 is 0 Å². The normalized spacial score (nSPS) is 18.6. The van der Waals surface area contributed by atoms with Crippen molar-refractivity contribution >= 4 is 12.6 Å². The summed E-state index contributed by atoms with van der Waals surface area (Å²) in [6.45, 7) is 13.9. The summed E-state index contributed by atoms with van der Waals surface area (Å²) in [6.07, 6.45) is 2.52. The van der Waals surface area contributed by atoms with Crippen molar-refractivity contribution in [1.82, 2.24) is 0 Å². The third kappa shape index (κ3) is 4.72. The zero-order valence-corrected chi connectivity index (χ0v) is 11.6. The van der Waals surface area contributed by atoms with Crippen LogP contribution in [0.15, 0.2) is 0 Å². The molecule has 0 radical (unpaired) electrons. The minimum Gasteiger partial charge on any atom is -0.176 e. The lowest BCUT2D eigenvalue weighted by Gasteiger charge is -2.32. The molecule has 0 amide bonds. The topological polar surface area (TPSA) is 0 Å². The average molecular weight is 216 g/mol. The molecule has 0 spiro atoms. The molecule has 0 N–H and O–H groups in total. The molecule has 0 aliphatic rings. The van der Waals surface area contributed by atoms with E-state index >= 15 is 0 Å². The van der Waals surface area contributed by atoms with E-state index in [1.165, 1.54) is 12.8 Å². The molecule has 0 aliphatic carbocycles. The van der Waals surface area contributed by atoms with Crippen LogP contribution in [0.3, 0.4) is 0 Å². The van der Waals surface area contributed by atoms with Gasteiger partial charge in [-0.25, -0.2) is 0 Å². The second-order valence-corrected chi connectivity index (χ2v) is 6.07. The molecule has 0 heterocycles. The third-order valence-electron chi connectivity index (χ3n) is 3.13. The summed E-state index contributed by atoms with van der Waals surface area (Å²) in [5.74, 6) is 3.14. The van der Waals surface area contributed by atoms with E-state index in [4.69, 9.17) is 12.6 Å². The Morgan fingerprint density at radius 2 is 1.50 bits per heavy atom. The molecular formula is C13H28S. The van der Waals surface area contributed by atoms with Crippen molar-refractivity contribution in [3.63, 3.8) is 0 Å². The quantitative estimate of drug-likeness (QED) is 0.614. The maximum atomic E-state index is 4.73. The van der Waals surface area contributed by atoms with Gasteiger partial charge in [-0.3, -0.25) is 0 Å². The van der Waals surface area contributed by atoms with Crippen LogP contribution in [-0.4, -0.2) is 5.25 Å². The highest BCUT2D eigenvalue weighted by Gasteiger charge is 2.26. The number of hydrogen-bond acceptors (Lipinski definition) is 1. The van der Waals surface area contributed by atoms with Crippen LogP contribution in [0.4, 0.5) is 0 Å². The molecule has 3 atom stereocenters. The standard InChI is InChI=1S/C13H28S/c1-7-12(14)13(10(4)5)11(6)8-9(2)3/h9-14H,7-8H2,1-6H3. The Morgan fingerprint density at radius 3 is 1.79 bits per heavy atom. The monoisotopic (exact) mass is 216 g/mol.